The molecule has 2 saturated heterocycles. The van der Waals surface area contributed by atoms with E-state index in [1.54, 1.807) is 48.5 Å². The molecule has 6 amide bonds. The number of imide groups is 2. The van der Waals surface area contributed by atoms with Crippen LogP contribution in [0.4, 0.5) is 9.59 Å². The molecular weight excluding hydrogens is 419 g/mol. The summed E-state index contributed by atoms with van der Waals surface area (Å²) in [5, 5.41) is 10.3. The number of hydrogen-bond acceptors (Lipinski definition) is 4. The lowest BCUT2D eigenvalue weighted by molar-refractivity contribution is -0.150. The number of halogens is 2. The van der Waals surface area contributed by atoms with E-state index in [9.17, 15) is 19.2 Å². The molecular formula is C19H14Cl2N4O4. The van der Waals surface area contributed by atoms with Crippen LogP contribution in [0, 0.1) is 5.41 Å². The maximum Gasteiger partial charge on any atom is 0.328 e. The van der Waals surface area contributed by atoms with Crippen molar-refractivity contribution in [2.45, 2.75) is 12.1 Å². The molecule has 2 aliphatic rings. The predicted octanol–water partition coefficient (Wildman–Crippen LogP) is 2.44. The van der Waals surface area contributed by atoms with Crippen LogP contribution in [0.3, 0.4) is 0 Å². The monoisotopic (exact) mass is 432 g/mol. The molecule has 1 spiro atoms. The van der Waals surface area contributed by atoms with Gasteiger partial charge in [0.1, 0.15) is 0 Å². The highest BCUT2D eigenvalue weighted by Crippen LogP contribution is 2.48. The molecule has 0 aromatic heterocycles. The topological polar surface area (TPSA) is 116 Å². The molecule has 2 aromatic rings. The summed E-state index contributed by atoms with van der Waals surface area (Å²) < 4.78 is 0. The van der Waals surface area contributed by atoms with Gasteiger partial charge in [-0.2, -0.15) is 0 Å². The number of carbonyl (C=O) groups is 4. The van der Waals surface area contributed by atoms with Crippen LogP contribution in [0.1, 0.15) is 23.2 Å². The van der Waals surface area contributed by atoms with Crippen LogP contribution >= 0.6 is 23.2 Å². The van der Waals surface area contributed by atoms with Crippen LogP contribution in [0.2, 0.25) is 10.0 Å². The number of urea groups is 2. The number of nitrogens with one attached hydrogen (secondary N) is 4. The number of rotatable bonds is 2. The minimum Gasteiger partial charge on any atom is -0.330 e. The van der Waals surface area contributed by atoms with Crippen LogP contribution in [-0.4, -0.2) is 23.9 Å². The summed E-state index contributed by atoms with van der Waals surface area (Å²) in [6.07, 6.45) is 0. The maximum absolute atomic E-state index is 13.2. The second-order valence-electron chi connectivity index (χ2n) is 6.70. The normalized spacial score (nSPS) is 23.1. The van der Waals surface area contributed by atoms with E-state index < -0.39 is 41.4 Å². The van der Waals surface area contributed by atoms with E-state index in [4.69, 9.17) is 23.2 Å². The molecule has 2 aromatic carbocycles. The van der Waals surface area contributed by atoms with Crippen molar-refractivity contribution in [1.82, 2.24) is 21.3 Å². The SMILES string of the molecule is O=C1NC(=O)C2(C(=O)N1)[C@H](c1cccc(Cl)c1)NC(=O)N[C@H]2c1cccc(Cl)c1. The van der Waals surface area contributed by atoms with E-state index in [0.29, 0.717) is 21.2 Å². The predicted molar refractivity (Wildman–Crippen MR) is 104 cm³/mol. The second kappa shape index (κ2) is 7.06. The van der Waals surface area contributed by atoms with Crippen LogP contribution < -0.4 is 21.3 Å². The second-order valence-corrected chi connectivity index (χ2v) is 7.57. The van der Waals surface area contributed by atoms with Gasteiger partial charge in [-0.1, -0.05) is 47.5 Å². The molecule has 0 bridgehead atoms. The zero-order chi connectivity index (χ0) is 20.8. The van der Waals surface area contributed by atoms with Crippen molar-refractivity contribution in [3.63, 3.8) is 0 Å². The van der Waals surface area contributed by atoms with E-state index in [1.165, 1.54) is 0 Å². The van der Waals surface area contributed by atoms with Crippen molar-refractivity contribution in [2.75, 3.05) is 0 Å². The Morgan fingerprint density at radius 1 is 0.690 bits per heavy atom. The quantitative estimate of drug-likeness (QED) is 0.545. The van der Waals surface area contributed by atoms with Gasteiger partial charge in [-0.25, -0.2) is 9.59 Å². The summed E-state index contributed by atoms with van der Waals surface area (Å²) in [6, 6.07) is 9.15. The fraction of sp³-hybridized carbons (Fsp3) is 0.158. The van der Waals surface area contributed by atoms with Gasteiger partial charge < -0.3 is 10.6 Å². The van der Waals surface area contributed by atoms with E-state index in [-0.39, 0.29) is 0 Å². The fourth-order valence-corrected chi connectivity index (χ4v) is 4.23. The van der Waals surface area contributed by atoms with Crippen LogP contribution in [-0.2, 0) is 9.59 Å². The van der Waals surface area contributed by atoms with Crippen molar-refractivity contribution in [2.24, 2.45) is 5.41 Å². The maximum atomic E-state index is 13.2. The molecule has 0 radical (unpaired) electrons. The first-order valence-corrected chi connectivity index (χ1v) is 9.33. The first-order chi connectivity index (χ1) is 13.8. The molecule has 2 aliphatic heterocycles. The molecule has 2 heterocycles. The minimum atomic E-state index is -1.92. The third kappa shape index (κ3) is 3.10. The fourth-order valence-electron chi connectivity index (χ4n) is 3.83. The summed E-state index contributed by atoms with van der Waals surface area (Å²) in [5.41, 5.74) is -1.06. The van der Waals surface area contributed by atoms with Crippen molar-refractivity contribution in [1.29, 1.82) is 0 Å². The van der Waals surface area contributed by atoms with E-state index in [2.05, 4.69) is 21.3 Å². The van der Waals surface area contributed by atoms with Crippen LogP contribution in [0.15, 0.2) is 48.5 Å². The Morgan fingerprint density at radius 2 is 1.14 bits per heavy atom. The average molecular weight is 433 g/mol. The Balaban J connectivity index is 1.96. The number of barbiturate groups is 1. The molecule has 0 saturated carbocycles. The van der Waals surface area contributed by atoms with Crippen molar-refractivity contribution in [3.8, 4) is 0 Å². The van der Waals surface area contributed by atoms with Crippen LogP contribution in [0.25, 0.3) is 0 Å². The Morgan fingerprint density at radius 3 is 1.55 bits per heavy atom. The van der Waals surface area contributed by atoms with E-state index >= 15 is 0 Å². The zero-order valence-corrected chi connectivity index (χ0v) is 16.2. The Hall–Kier alpha value is -3.10. The lowest BCUT2D eigenvalue weighted by atomic mass is 9.65. The number of amides is 6. The molecule has 8 nitrogen and oxygen atoms in total. The average Bonchev–Trinajstić information content (AvgIpc) is 2.66. The van der Waals surface area contributed by atoms with Crippen molar-refractivity contribution >= 4 is 47.1 Å². The lowest BCUT2D eigenvalue weighted by Crippen LogP contribution is -2.73. The third-order valence-corrected chi connectivity index (χ3v) is 5.50. The first-order valence-electron chi connectivity index (χ1n) is 8.57. The molecule has 148 valence electrons. The van der Waals surface area contributed by atoms with Crippen molar-refractivity contribution < 1.29 is 19.2 Å². The Bertz CT molecular complexity index is 979. The summed E-state index contributed by atoms with van der Waals surface area (Å²) in [4.78, 5) is 50.6. The number of benzene rings is 2. The third-order valence-electron chi connectivity index (χ3n) is 5.03. The van der Waals surface area contributed by atoms with Crippen molar-refractivity contribution in [3.05, 3.63) is 69.7 Å². The van der Waals surface area contributed by atoms with Gasteiger partial charge in [0.05, 0.1) is 12.1 Å². The molecule has 2 atom stereocenters. The first kappa shape index (κ1) is 19.2. The van der Waals surface area contributed by atoms with Gasteiger partial charge in [0.15, 0.2) is 5.41 Å². The Labute approximate surface area is 174 Å². The summed E-state index contributed by atoms with van der Waals surface area (Å²) in [6.45, 7) is 0. The molecule has 10 heteroatoms. The van der Waals surface area contributed by atoms with E-state index in [1.807, 2.05) is 0 Å². The zero-order valence-electron chi connectivity index (χ0n) is 14.7. The summed E-state index contributed by atoms with van der Waals surface area (Å²) in [5.74, 6) is -1.71. The highest BCUT2D eigenvalue weighted by atomic mass is 35.5. The number of hydrogen-bond donors (Lipinski definition) is 4. The van der Waals surface area contributed by atoms with Gasteiger partial charge in [-0.3, -0.25) is 20.2 Å². The molecule has 29 heavy (non-hydrogen) atoms. The largest absolute Gasteiger partial charge is 0.330 e. The van der Waals surface area contributed by atoms with Gasteiger partial charge in [-0.15, -0.1) is 0 Å². The molecule has 4 rings (SSSR count). The van der Waals surface area contributed by atoms with Gasteiger partial charge in [0, 0.05) is 10.0 Å². The van der Waals surface area contributed by atoms with Gasteiger partial charge >= 0.3 is 12.1 Å². The standard InChI is InChI=1S/C19H14Cl2N4O4/c20-11-5-1-3-9(7-11)13-19(15(26)24-18(29)25-16(19)27)14(23-17(28)22-13)10-4-2-6-12(21)8-10/h1-8,13-14H,(H2,22,23,28)(H2,24,25,26,27,29)/t13-,14-/m0/s1. The molecule has 0 aliphatic carbocycles. The Kier molecular flexibility index (Phi) is 4.68. The summed E-state index contributed by atoms with van der Waals surface area (Å²) >= 11 is 12.2. The lowest BCUT2D eigenvalue weighted by Gasteiger charge is -2.48. The van der Waals surface area contributed by atoms with E-state index in [0.717, 1.165) is 0 Å². The van der Waals surface area contributed by atoms with Gasteiger partial charge in [0.2, 0.25) is 11.8 Å². The smallest absolute Gasteiger partial charge is 0.328 e. The summed E-state index contributed by atoms with van der Waals surface area (Å²) in [7, 11) is 0. The number of carbonyl (C=O) groups excluding carboxylic acids is 4. The molecule has 2 fully saturated rings. The molecule has 0 unspecified atom stereocenters. The minimum absolute atomic E-state index is 0.359. The van der Waals surface area contributed by atoms with Gasteiger partial charge in [-0.05, 0) is 35.4 Å². The molecule has 4 N–H and O–H groups in total. The van der Waals surface area contributed by atoms with Gasteiger partial charge in [0.25, 0.3) is 0 Å². The highest BCUT2D eigenvalue weighted by Gasteiger charge is 2.64. The highest BCUT2D eigenvalue weighted by molar-refractivity contribution is 6.31. The van der Waals surface area contributed by atoms with Crippen LogP contribution in [0.5, 0.6) is 0 Å².